The first kappa shape index (κ1) is 21.0. The van der Waals surface area contributed by atoms with Gasteiger partial charge in [0.25, 0.3) is 5.69 Å². The lowest BCUT2D eigenvalue weighted by molar-refractivity contribution is -0.384. The lowest BCUT2D eigenvalue weighted by Gasteiger charge is -2.24. The summed E-state index contributed by atoms with van der Waals surface area (Å²) in [7, 11) is -3.91. The summed E-state index contributed by atoms with van der Waals surface area (Å²) in [4.78, 5) is 22.5. The minimum absolute atomic E-state index is 0.0481. The summed E-state index contributed by atoms with van der Waals surface area (Å²) < 4.78 is 32.6. The average Bonchev–Trinajstić information content (AvgIpc) is 2.99. The number of hydrogen-bond donors (Lipinski definition) is 0. The van der Waals surface area contributed by atoms with Crippen LogP contribution in [0.25, 0.3) is 0 Å². The van der Waals surface area contributed by atoms with Crippen LogP contribution >= 0.6 is 0 Å². The molecule has 1 aromatic carbocycles. The number of esters is 1. The Bertz CT molecular complexity index is 853. The Hall–Kier alpha value is -2.26. The van der Waals surface area contributed by atoms with Crippen molar-refractivity contribution >= 4 is 21.7 Å². The Morgan fingerprint density at radius 2 is 1.89 bits per heavy atom. The van der Waals surface area contributed by atoms with Gasteiger partial charge in [-0.15, -0.1) is 0 Å². The number of rotatable bonds is 6. The fraction of sp³-hybridized carbons (Fsp3) is 0.500. The molecule has 0 N–H and O–H groups in total. The molecule has 0 saturated carbocycles. The molecule has 0 aromatic heterocycles. The van der Waals surface area contributed by atoms with E-state index in [1.807, 2.05) is 6.92 Å². The second-order valence-corrected chi connectivity index (χ2v) is 9.24. The number of carbonyl (C=O) groups is 1. The number of carbonyl (C=O) groups excluding carboxylic acids is 1. The molecule has 1 aliphatic heterocycles. The van der Waals surface area contributed by atoms with E-state index in [0.29, 0.717) is 12.0 Å². The van der Waals surface area contributed by atoms with Gasteiger partial charge in [-0.3, -0.25) is 10.1 Å². The average molecular weight is 396 g/mol. The maximum atomic E-state index is 13.0. The third-order valence-corrected chi connectivity index (χ3v) is 5.87. The molecule has 0 spiro atoms. The molecule has 1 aromatic rings. The molecule has 27 heavy (non-hydrogen) atoms. The first-order valence-corrected chi connectivity index (χ1v) is 10.1. The Morgan fingerprint density at radius 1 is 1.30 bits per heavy atom. The molecule has 2 rings (SSSR count). The lowest BCUT2D eigenvalue weighted by Crippen LogP contribution is -2.37. The van der Waals surface area contributed by atoms with E-state index in [1.165, 1.54) is 16.4 Å². The van der Waals surface area contributed by atoms with Crippen LogP contribution in [0.15, 0.2) is 40.8 Å². The topological polar surface area (TPSA) is 107 Å². The number of hydrogen-bond acceptors (Lipinski definition) is 6. The summed E-state index contributed by atoms with van der Waals surface area (Å²) in [5.74, 6) is -0.537. The standard InChI is InChI=1S/C18H24N2O6S/c1-5-6-15-11-13(17(21)26-18(2,3)4)12-19(15)27(24,25)16-9-7-14(8-10-16)20(22)23/h7-11,15H,5-6,12H2,1-4H3/t15-/m0/s1. The SMILES string of the molecule is CCC[C@H]1C=C(C(=O)OC(C)(C)C)CN1S(=O)(=O)c1ccc([N+](=O)[O-])cc1. The molecule has 148 valence electrons. The normalized spacial score (nSPS) is 18.2. The molecule has 1 aliphatic rings. The van der Waals surface area contributed by atoms with Crippen molar-refractivity contribution in [2.24, 2.45) is 0 Å². The largest absolute Gasteiger partial charge is 0.457 e. The van der Waals surface area contributed by atoms with Crippen molar-refractivity contribution in [3.8, 4) is 0 Å². The summed E-state index contributed by atoms with van der Waals surface area (Å²) in [6.07, 6.45) is 2.92. The summed E-state index contributed by atoms with van der Waals surface area (Å²) >= 11 is 0. The molecule has 0 radical (unpaired) electrons. The molecule has 0 amide bonds. The highest BCUT2D eigenvalue weighted by Crippen LogP contribution is 2.29. The van der Waals surface area contributed by atoms with Gasteiger partial charge in [0, 0.05) is 30.3 Å². The number of ether oxygens (including phenoxy) is 1. The second-order valence-electron chi connectivity index (χ2n) is 7.35. The zero-order valence-electron chi connectivity index (χ0n) is 15.8. The van der Waals surface area contributed by atoms with Crippen LogP contribution in [0.5, 0.6) is 0 Å². The number of non-ortho nitro benzene ring substituents is 1. The van der Waals surface area contributed by atoms with Crippen LogP contribution in [0, 0.1) is 10.1 Å². The molecule has 1 heterocycles. The van der Waals surface area contributed by atoms with Crippen LogP contribution in [0.3, 0.4) is 0 Å². The first-order chi connectivity index (χ1) is 12.5. The van der Waals surface area contributed by atoms with E-state index in [9.17, 15) is 23.3 Å². The zero-order valence-corrected chi connectivity index (χ0v) is 16.7. The Labute approximate surface area is 159 Å². The van der Waals surface area contributed by atoms with E-state index in [2.05, 4.69) is 0 Å². The summed E-state index contributed by atoms with van der Waals surface area (Å²) in [5.41, 5.74) is -0.565. The van der Waals surface area contributed by atoms with E-state index in [1.54, 1.807) is 26.8 Å². The molecule has 0 saturated heterocycles. The van der Waals surface area contributed by atoms with Gasteiger partial charge < -0.3 is 4.74 Å². The molecule has 8 nitrogen and oxygen atoms in total. The Balaban J connectivity index is 2.30. The maximum absolute atomic E-state index is 13.0. The maximum Gasteiger partial charge on any atom is 0.335 e. The third kappa shape index (κ3) is 4.92. The van der Waals surface area contributed by atoms with Gasteiger partial charge in [0.1, 0.15) is 5.60 Å². The number of sulfonamides is 1. The van der Waals surface area contributed by atoms with Gasteiger partial charge in [0.2, 0.25) is 10.0 Å². The van der Waals surface area contributed by atoms with Gasteiger partial charge in [0.15, 0.2) is 0 Å². The van der Waals surface area contributed by atoms with Crippen LogP contribution < -0.4 is 0 Å². The van der Waals surface area contributed by atoms with Gasteiger partial charge >= 0.3 is 5.97 Å². The minimum atomic E-state index is -3.91. The van der Waals surface area contributed by atoms with Crippen molar-refractivity contribution in [1.82, 2.24) is 4.31 Å². The Morgan fingerprint density at radius 3 is 2.37 bits per heavy atom. The monoisotopic (exact) mass is 396 g/mol. The summed E-state index contributed by atoms with van der Waals surface area (Å²) in [6.45, 7) is 7.08. The van der Waals surface area contributed by atoms with Crippen LogP contribution in [0.4, 0.5) is 5.69 Å². The summed E-state index contributed by atoms with van der Waals surface area (Å²) in [5, 5.41) is 10.8. The van der Waals surface area contributed by atoms with E-state index in [0.717, 1.165) is 18.6 Å². The van der Waals surface area contributed by atoms with Crippen LogP contribution in [-0.4, -0.2) is 41.8 Å². The fourth-order valence-electron chi connectivity index (χ4n) is 2.79. The van der Waals surface area contributed by atoms with Crippen LogP contribution in [0.2, 0.25) is 0 Å². The quantitative estimate of drug-likeness (QED) is 0.416. The highest BCUT2D eigenvalue weighted by molar-refractivity contribution is 7.89. The number of nitro benzene ring substituents is 1. The van der Waals surface area contributed by atoms with Gasteiger partial charge in [-0.2, -0.15) is 4.31 Å². The lowest BCUT2D eigenvalue weighted by atomic mass is 10.1. The molecular formula is C18H24N2O6S. The smallest absolute Gasteiger partial charge is 0.335 e. The number of nitro groups is 1. The number of nitrogens with zero attached hydrogens (tertiary/aromatic N) is 2. The van der Waals surface area contributed by atoms with Crippen molar-refractivity contribution in [2.45, 2.75) is 57.1 Å². The first-order valence-electron chi connectivity index (χ1n) is 8.66. The van der Waals surface area contributed by atoms with Crippen molar-refractivity contribution in [1.29, 1.82) is 0 Å². The molecule has 1 atom stereocenters. The van der Waals surface area contributed by atoms with E-state index in [-0.39, 0.29) is 17.1 Å². The third-order valence-electron chi connectivity index (χ3n) is 3.99. The van der Waals surface area contributed by atoms with Gasteiger partial charge in [-0.1, -0.05) is 19.4 Å². The van der Waals surface area contributed by atoms with Gasteiger partial charge in [-0.05, 0) is 39.3 Å². The molecular weight excluding hydrogens is 372 g/mol. The predicted molar refractivity (Wildman–Crippen MR) is 99.6 cm³/mol. The molecule has 0 aliphatic carbocycles. The predicted octanol–water partition coefficient (Wildman–Crippen LogP) is 3.04. The van der Waals surface area contributed by atoms with Gasteiger partial charge in [-0.25, -0.2) is 13.2 Å². The highest BCUT2D eigenvalue weighted by atomic mass is 32.2. The van der Waals surface area contributed by atoms with Crippen LogP contribution in [-0.2, 0) is 19.6 Å². The molecule has 0 bridgehead atoms. The van der Waals surface area contributed by atoms with E-state index in [4.69, 9.17) is 4.74 Å². The fourth-order valence-corrected chi connectivity index (χ4v) is 4.37. The van der Waals surface area contributed by atoms with Crippen molar-refractivity contribution < 1.29 is 22.9 Å². The number of benzene rings is 1. The summed E-state index contributed by atoms with van der Waals surface area (Å²) in [6, 6.07) is 4.27. The minimum Gasteiger partial charge on any atom is -0.457 e. The van der Waals surface area contributed by atoms with E-state index >= 15 is 0 Å². The van der Waals surface area contributed by atoms with Crippen LogP contribution in [0.1, 0.15) is 40.5 Å². The zero-order chi connectivity index (χ0) is 20.4. The molecule has 0 fully saturated rings. The van der Waals surface area contributed by atoms with Crippen molar-refractivity contribution in [3.63, 3.8) is 0 Å². The highest BCUT2D eigenvalue weighted by Gasteiger charge is 2.38. The van der Waals surface area contributed by atoms with Crippen molar-refractivity contribution in [2.75, 3.05) is 6.54 Å². The van der Waals surface area contributed by atoms with Gasteiger partial charge in [0.05, 0.1) is 9.82 Å². The Kier molecular flexibility index (Phi) is 6.06. The van der Waals surface area contributed by atoms with E-state index < -0.39 is 32.6 Å². The van der Waals surface area contributed by atoms with Crippen molar-refractivity contribution in [3.05, 3.63) is 46.0 Å². The molecule has 0 unspecified atom stereocenters. The molecule has 9 heteroatoms. The second kappa shape index (κ2) is 7.77.